The minimum atomic E-state index is -0.747. The lowest BCUT2D eigenvalue weighted by Crippen LogP contribution is -2.61. The van der Waals surface area contributed by atoms with Gasteiger partial charge in [0.15, 0.2) is 0 Å². The first-order chi connectivity index (χ1) is 15.1. The van der Waals surface area contributed by atoms with Crippen molar-refractivity contribution in [1.29, 1.82) is 0 Å². The van der Waals surface area contributed by atoms with E-state index in [1.165, 1.54) is 32.1 Å². The molecule has 5 aliphatic rings. The van der Waals surface area contributed by atoms with Crippen molar-refractivity contribution in [2.45, 2.75) is 118 Å². The number of hydrogen-bond acceptors (Lipinski definition) is 3. The van der Waals surface area contributed by atoms with Crippen LogP contribution in [-0.2, 0) is 4.79 Å². The van der Waals surface area contributed by atoms with Crippen molar-refractivity contribution in [3.8, 4) is 0 Å². The Bertz CT molecular complexity index is 866. The first-order valence-corrected chi connectivity index (χ1v) is 13.8. The Labute approximate surface area is 201 Å². The fourth-order valence-electron chi connectivity index (χ4n) is 10.9. The summed E-state index contributed by atoms with van der Waals surface area (Å²) in [6.07, 6.45) is 13.7. The second-order valence-electron chi connectivity index (χ2n) is 14.7. The molecule has 3 heteroatoms. The molecule has 0 aromatic rings. The van der Waals surface area contributed by atoms with E-state index in [1.807, 2.05) is 19.9 Å². The van der Waals surface area contributed by atoms with Crippen LogP contribution in [0.3, 0.4) is 0 Å². The maximum atomic E-state index is 12.9. The third kappa shape index (κ3) is 2.97. The van der Waals surface area contributed by atoms with E-state index in [0.29, 0.717) is 34.9 Å². The standard InChI is InChI=1S/C30H48O3/c1-19(9-8-12-25(2,3)33)20-10-13-28(7)24-21(31)17-22-26(4,5)23(32)11-14-29(22)18-30(24,29)16-15-27(20,28)6/h8,12,19-22,24,31,33H,9-11,13-18H2,1-7H3. The van der Waals surface area contributed by atoms with E-state index in [4.69, 9.17) is 0 Å². The Kier molecular flexibility index (Phi) is 5.07. The zero-order chi connectivity index (χ0) is 24.2. The van der Waals surface area contributed by atoms with Crippen LogP contribution in [0.2, 0.25) is 0 Å². The van der Waals surface area contributed by atoms with Gasteiger partial charge in [0.1, 0.15) is 5.78 Å². The van der Waals surface area contributed by atoms with Crippen molar-refractivity contribution in [2.75, 3.05) is 0 Å². The van der Waals surface area contributed by atoms with Crippen molar-refractivity contribution >= 4 is 5.78 Å². The molecule has 0 heterocycles. The number of fused-ring (bicyclic) bond motifs is 2. The smallest absolute Gasteiger partial charge is 0.138 e. The molecular weight excluding hydrogens is 408 g/mol. The molecule has 186 valence electrons. The van der Waals surface area contributed by atoms with Crippen molar-refractivity contribution < 1.29 is 15.0 Å². The van der Waals surface area contributed by atoms with E-state index >= 15 is 0 Å². The van der Waals surface area contributed by atoms with E-state index < -0.39 is 5.60 Å². The molecule has 5 rings (SSSR count). The maximum absolute atomic E-state index is 12.9. The van der Waals surface area contributed by atoms with E-state index in [0.717, 1.165) is 25.7 Å². The molecule has 5 aliphatic carbocycles. The number of carbonyl (C=O) groups is 1. The molecule has 0 aromatic heterocycles. The first-order valence-electron chi connectivity index (χ1n) is 13.8. The molecule has 0 bridgehead atoms. The van der Waals surface area contributed by atoms with Gasteiger partial charge in [0.05, 0.1) is 11.7 Å². The second-order valence-corrected chi connectivity index (χ2v) is 14.7. The Hall–Kier alpha value is -0.670. The van der Waals surface area contributed by atoms with Gasteiger partial charge in [-0.15, -0.1) is 0 Å². The van der Waals surface area contributed by atoms with Gasteiger partial charge in [-0.1, -0.05) is 46.8 Å². The molecule has 0 saturated heterocycles. The van der Waals surface area contributed by atoms with Crippen LogP contribution in [0.4, 0.5) is 0 Å². The minimum Gasteiger partial charge on any atom is -0.393 e. The summed E-state index contributed by atoms with van der Waals surface area (Å²) in [7, 11) is 0. The Balaban J connectivity index is 1.44. The molecule has 0 aliphatic heterocycles. The molecule has 3 nitrogen and oxygen atoms in total. The molecule has 0 amide bonds. The summed E-state index contributed by atoms with van der Waals surface area (Å²) >= 11 is 0. The van der Waals surface area contributed by atoms with E-state index in [2.05, 4.69) is 40.7 Å². The summed E-state index contributed by atoms with van der Waals surface area (Å²) in [4.78, 5) is 12.9. The first kappa shape index (κ1) is 24.0. The number of Topliss-reactive ketones (excluding diaryl/α,β-unsaturated/α-hetero) is 1. The molecule has 9 atom stereocenters. The van der Waals surface area contributed by atoms with Gasteiger partial charge < -0.3 is 10.2 Å². The summed E-state index contributed by atoms with van der Waals surface area (Å²) in [6, 6.07) is 0. The van der Waals surface area contributed by atoms with Gasteiger partial charge in [-0.3, -0.25) is 4.79 Å². The predicted octanol–water partition coefficient (Wildman–Crippen LogP) is 6.32. The van der Waals surface area contributed by atoms with Crippen molar-refractivity contribution in [1.82, 2.24) is 0 Å². The lowest BCUT2D eigenvalue weighted by Gasteiger charge is -2.63. The molecule has 5 saturated carbocycles. The fraction of sp³-hybridized carbons (Fsp3) is 0.900. The van der Waals surface area contributed by atoms with E-state index in [-0.39, 0.29) is 27.8 Å². The van der Waals surface area contributed by atoms with Gasteiger partial charge >= 0.3 is 0 Å². The molecule has 9 unspecified atom stereocenters. The fourth-order valence-corrected chi connectivity index (χ4v) is 10.9. The quantitative estimate of drug-likeness (QED) is 0.487. The highest BCUT2D eigenvalue weighted by Gasteiger charge is 2.83. The van der Waals surface area contributed by atoms with Crippen LogP contribution in [0.1, 0.15) is 106 Å². The third-order valence-electron chi connectivity index (χ3n) is 12.6. The normalized spacial score (nSPS) is 51.5. The van der Waals surface area contributed by atoms with Crippen LogP contribution in [0, 0.1) is 50.7 Å². The number of ketones is 1. The largest absolute Gasteiger partial charge is 0.393 e. The van der Waals surface area contributed by atoms with Gasteiger partial charge in [-0.05, 0) is 111 Å². The van der Waals surface area contributed by atoms with E-state index in [9.17, 15) is 15.0 Å². The number of aliphatic hydroxyl groups is 2. The second kappa shape index (κ2) is 6.96. The average Bonchev–Trinajstić information content (AvgIpc) is 3.26. The molecular formula is C30H48O3. The van der Waals surface area contributed by atoms with Crippen LogP contribution in [-0.4, -0.2) is 27.7 Å². The monoisotopic (exact) mass is 456 g/mol. The number of rotatable bonds is 4. The molecule has 5 fully saturated rings. The van der Waals surface area contributed by atoms with Crippen LogP contribution in [0.15, 0.2) is 12.2 Å². The SMILES string of the molecule is CC(CC=CC(C)(C)O)C1CCC2(C)C3C(O)CC4C(C)(C)C(=O)CCC45CC35CCC12C. The highest BCUT2D eigenvalue weighted by atomic mass is 16.3. The Morgan fingerprint density at radius 3 is 2.42 bits per heavy atom. The van der Waals surface area contributed by atoms with Crippen molar-refractivity contribution in [2.24, 2.45) is 50.7 Å². The number of allylic oxidation sites excluding steroid dienone is 1. The summed E-state index contributed by atoms with van der Waals surface area (Å²) in [5.74, 6) is 2.40. The highest BCUT2D eigenvalue weighted by molar-refractivity contribution is 5.86. The molecule has 2 spiro atoms. The van der Waals surface area contributed by atoms with Crippen LogP contribution in [0.5, 0.6) is 0 Å². The number of aliphatic hydroxyl groups excluding tert-OH is 1. The average molecular weight is 457 g/mol. The van der Waals surface area contributed by atoms with Gasteiger partial charge in [0.2, 0.25) is 0 Å². The molecule has 33 heavy (non-hydrogen) atoms. The summed E-state index contributed by atoms with van der Waals surface area (Å²) in [5.41, 5.74) is -0.0391. The van der Waals surface area contributed by atoms with E-state index in [1.54, 1.807) is 0 Å². The zero-order valence-electron chi connectivity index (χ0n) is 22.2. The summed E-state index contributed by atoms with van der Waals surface area (Å²) in [6.45, 7) is 15.5. The number of carbonyl (C=O) groups excluding carboxylic acids is 1. The minimum absolute atomic E-state index is 0.170. The maximum Gasteiger partial charge on any atom is 0.138 e. The molecule has 0 aromatic carbocycles. The van der Waals surface area contributed by atoms with Crippen LogP contribution < -0.4 is 0 Å². The van der Waals surface area contributed by atoms with Crippen molar-refractivity contribution in [3.63, 3.8) is 0 Å². The summed E-state index contributed by atoms with van der Waals surface area (Å²) < 4.78 is 0. The van der Waals surface area contributed by atoms with Crippen LogP contribution >= 0.6 is 0 Å². The topological polar surface area (TPSA) is 57.5 Å². The lowest BCUT2D eigenvalue weighted by atomic mass is 9.41. The van der Waals surface area contributed by atoms with Gasteiger partial charge in [0.25, 0.3) is 0 Å². The predicted molar refractivity (Wildman–Crippen MR) is 132 cm³/mol. The lowest BCUT2D eigenvalue weighted by molar-refractivity contribution is -0.189. The third-order valence-corrected chi connectivity index (χ3v) is 12.6. The Morgan fingerprint density at radius 2 is 1.76 bits per heavy atom. The van der Waals surface area contributed by atoms with Crippen molar-refractivity contribution in [3.05, 3.63) is 12.2 Å². The van der Waals surface area contributed by atoms with Gasteiger partial charge in [-0.2, -0.15) is 0 Å². The Morgan fingerprint density at radius 1 is 1.06 bits per heavy atom. The zero-order valence-corrected chi connectivity index (χ0v) is 22.2. The summed E-state index contributed by atoms with van der Waals surface area (Å²) in [5, 5.41) is 21.9. The number of hydrogen-bond donors (Lipinski definition) is 2. The highest BCUT2D eigenvalue weighted by Crippen LogP contribution is 2.88. The van der Waals surface area contributed by atoms with Gasteiger partial charge in [-0.25, -0.2) is 0 Å². The molecule has 0 radical (unpaired) electrons. The molecule has 2 N–H and O–H groups in total. The van der Waals surface area contributed by atoms with Crippen LogP contribution in [0.25, 0.3) is 0 Å². The van der Waals surface area contributed by atoms with Gasteiger partial charge in [0, 0.05) is 11.8 Å².